The number of nitrogens with one attached hydrogen (secondary N) is 1. The van der Waals surface area contributed by atoms with E-state index in [1.807, 2.05) is 36.4 Å². The van der Waals surface area contributed by atoms with Gasteiger partial charge >= 0.3 is 0 Å². The number of methoxy groups -OCH3 is 1. The maximum atomic E-state index is 11.2. The average Bonchev–Trinajstić information content (AvgIpc) is 3.08. The quantitative estimate of drug-likeness (QED) is 0.908. The lowest BCUT2D eigenvalue weighted by Gasteiger charge is -2.14. The van der Waals surface area contributed by atoms with Crippen molar-refractivity contribution in [1.29, 1.82) is 0 Å². The molecule has 5 nitrogen and oxygen atoms in total. The Hall–Kier alpha value is -2.79. The number of rotatable bonds is 4. The summed E-state index contributed by atoms with van der Waals surface area (Å²) in [5, 5.41) is 0. The molecule has 1 amide bonds. The van der Waals surface area contributed by atoms with Crippen molar-refractivity contribution in [2.24, 2.45) is 5.73 Å². The Kier molecular flexibility index (Phi) is 3.80. The van der Waals surface area contributed by atoms with Crippen molar-refractivity contribution in [2.45, 2.75) is 0 Å². The summed E-state index contributed by atoms with van der Waals surface area (Å²) in [7, 11) is 1.63. The summed E-state index contributed by atoms with van der Waals surface area (Å²) >= 11 is 0. The van der Waals surface area contributed by atoms with E-state index in [2.05, 4.69) is 5.48 Å². The minimum atomic E-state index is -0.442. The van der Waals surface area contributed by atoms with Crippen LogP contribution in [0.25, 0.3) is 16.9 Å². The van der Waals surface area contributed by atoms with E-state index in [1.54, 1.807) is 19.2 Å². The van der Waals surface area contributed by atoms with Crippen molar-refractivity contribution in [1.82, 2.24) is 5.48 Å². The van der Waals surface area contributed by atoms with Crippen molar-refractivity contribution < 1.29 is 14.4 Å². The molecular formula is C17H16N2O3. The van der Waals surface area contributed by atoms with Crippen LogP contribution >= 0.6 is 0 Å². The number of benzene rings is 2. The fourth-order valence-corrected chi connectivity index (χ4v) is 2.45. The molecule has 0 radical (unpaired) electrons. The smallest absolute Gasteiger partial charge is 0.248 e. The van der Waals surface area contributed by atoms with Crippen molar-refractivity contribution in [3.63, 3.8) is 0 Å². The second-order valence-corrected chi connectivity index (χ2v) is 4.85. The third kappa shape index (κ3) is 2.54. The zero-order valence-corrected chi connectivity index (χ0v) is 12.1. The van der Waals surface area contributed by atoms with Gasteiger partial charge < -0.3 is 15.3 Å². The zero-order chi connectivity index (χ0) is 15.5. The van der Waals surface area contributed by atoms with Gasteiger partial charge in [-0.05, 0) is 29.8 Å². The number of ether oxygens (including phenoxy) is 1. The molecule has 5 heteroatoms. The lowest BCUT2D eigenvalue weighted by atomic mass is 9.99. The molecule has 1 aliphatic heterocycles. The molecule has 0 bridgehead atoms. The Labute approximate surface area is 128 Å². The predicted octanol–water partition coefficient (Wildman–Crippen LogP) is 2.34. The van der Waals surface area contributed by atoms with Gasteiger partial charge in [-0.3, -0.25) is 4.79 Å². The van der Waals surface area contributed by atoms with Crippen LogP contribution in [0.4, 0.5) is 0 Å². The summed E-state index contributed by atoms with van der Waals surface area (Å²) in [6.07, 6.45) is 1.96. The number of nitrogens with two attached hydrogens (primary N) is 1. The standard InChI is InChI=1S/C17H16N2O3/c1-21-16-13(11-5-7-12(8-6-11)17(18)20)3-2-4-14(16)15-9-10-19-22-15/h2-9,19H,10H2,1H3,(H2,18,20). The molecular weight excluding hydrogens is 280 g/mol. The molecule has 1 aliphatic rings. The SMILES string of the molecule is COc1c(C2=CCNO2)cccc1-c1ccc(C(N)=O)cc1. The van der Waals surface area contributed by atoms with Gasteiger partial charge in [0.1, 0.15) is 5.75 Å². The largest absolute Gasteiger partial charge is 0.495 e. The molecule has 0 atom stereocenters. The summed E-state index contributed by atoms with van der Waals surface area (Å²) in [6, 6.07) is 13.0. The molecule has 0 aliphatic carbocycles. The van der Waals surface area contributed by atoms with Gasteiger partial charge in [0.25, 0.3) is 0 Å². The minimum absolute atomic E-state index is 0.442. The highest BCUT2D eigenvalue weighted by Gasteiger charge is 2.17. The molecule has 3 N–H and O–H groups in total. The minimum Gasteiger partial charge on any atom is -0.495 e. The van der Waals surface area contributed by atoms with Crippen molar-refractivity contribution >= 4 is 11.7 Å². The highest BCUT2D eigenvalue weighted by molar-refractivity contribution is 5.93. The first-order valence-corrected chi connectivity index (χ1v) is 6.88. The molecule has 112 valence electrons. The third-order valence-corrected chi connectivity index (χ3v) is 3.52. The van der Waals surface area contributed by atoms with Gasteiger partial charge in [-0.2, -0.15) is 5.48 Å². The van der Waals surface area contributed by atoms with E-state index >= 15 is 0 Å². The van der Waals surface area contributed by atoms with Crippen LogP contribution < -0.4 is 16.0 Å². The molecule has 3 rings (SSSR count). The van der Waals surface area contributed by atoms with E-state index in [-0.39, 0.29) is 0 Å². The number of carbonyl (C=O) groups is 1. The van der Waals surface area contributed by atoms with Crippen LogP contribution in [0.15, 0.2) is 48.5 Å². The fraction of sp³-hybridized carbons (Fsp3) is 0.118. The Morgan fingerprint density at radius 2 is 1.91 bits per heavy atom. The first-order valence-electron chi connectivity index (χ1n) is 6.88. The van der Waals surface area contributed by atoms with Gasteiger partial charge in [-0.25, -0.2) is 0 Å². The first kappa shape index (κ1) is 14.2. The number of para-hydroxylation sites is 1. The number of carbonyl (C=O) groups excluding carboxylic acids is 1. The lowest BCUT2D eigenvalue weighted by Crippen LogP contribution is -2.10. The fourth-order valence-electron chi connectivity index (χ4n) is 2.45. The number of hydroxylamine groups is 1. The van der Waals surface area contributed by atoms with E-state index in [9.17, 15) is 4.79 Å². The molecule has 1 heterocycles. The lowest BCUT2D eigenvalue weighted by molar-refractivity contribution is 0.100. The van der Waals surface area contributed by atoms with Gasteiger partial charge in [0.15, 0.2) is 5.76 Å². The maximum Gasteiger partial charge on any atom is 0.248 e. The highest BCUT2D eigenvalue weighted by Crippen LogP contribution is 2.37. The number of hydrogen-bond donors (Lipinski definition) is 2. The van der Waals surface area contributed by atoms with Crippen LogP contribution in [0.3, 0.4) is 0 Å². The highest BCUT2D eigenvalue weighted by atomic mass is 16.7. The first-order chi connectivity index (χ1) is 10.7. The van der Waals surface area contributed by atoms with Crippen LogP contribution in [-0.2, 0) is 4.84 Å². The molecule has 0 fully saturated rings. The molecule has 2 aromatic rings. The molecule has 2 aromatic carbocycles. The van der Waals surface area contributed by atoms with E-state index in [0.717, 1.165) is 28.2 Å². The third-order valence-electron chi connectivity index (χ3n) is 3.52. The van der Waals surface area contributed by atoms with Gasteiger partial charge in [0.2, 0.25) is 5.91 Å². The molecule has 0 saturated heterocycles. The van der Waals surface area contributed by atoms with E-state index in [4.69, 9.17) is 15.3 Å². The summed E-state index contributed by atoms with van der Waals surface area (Å²) in [5.41, 5.74) is 11.3. The van der Waals surface area contributed by atoms with Crippen LogP contribution in [0, 0.1) is 0 Å². The van der Waals surface area contributed by atoms with Gasteiger partial charge in [-0.1, -0.05) is 24.3 Å². The molecule has 0 saturated carbocycles. The van der Waals surface area contributed by atoms with Crippen LogP contribution in [0.5, 0.6) is 5.75 Å². The van der Waals surface area contributed by atoms with Crippen LogP contribution in [0.1, 0.15) is 15.9 Å². The zero-order valence-electron chi connectivity index (χ0n) is 12.1. The maximum absolute atomic E-state index is 11.2. The normalized spacial score (nSPS) is 13.4. The molecule has 22 heavy (non-hydrogen) atoms. The predicted molar refractivity (Wildman–Crippen MR) is 84.0 cm³/mol. The van der Waals surface area contributed by atoms with Gasteiger partial charge in [0.05, 0.1) is 19.2 Å². The summed E-state index contributed by atoms with van der Waals surface area (Å²) in [5.74, 6) is 1.03. The number of hydrogen-bond acceptors (Lipinski definition) is 4. The van der Waals surface area contributed by atoms with Crippen molar-refractivity contribution in [2.75, 3.05) is 13.7 Å². The topological polar surface area (TPSA) is 73.6 Å². The van der Waals surface area contributed by atoms with Crippen LogP contribution in [0.2, 0.25) is 0 Å². The Balaban J connectivity index is 2.06. The second-order valence-electron chi connectivity index (χ2n) is 4.85. The molecule has 0 aromatic heterocycles. The Morgan fingerprint density at radius 3 is 2.50 bits per heavy atom. The van der Waals surface area contributed by atoms with Crippen molar-refractivity contribution in [3.05, 3.63) is 59.7 Å². The summed E-state index contributed by atoms with van der Waals surface area (Å²) in [6.45, 7) is 0.663. The Morgan fingerprint density at radius 1 is 1.18 bits per heavy atom. The van der Waals surface area contributed by atoms with Gasteiger partial charge in [-0.15, -0.1) is 0 Å². The van der Waals surface area contributed by atoms with Crippen LogP contribution in [-0.4, -0.2) is 19.6 Å². The van der Waals surface area contributed by atoms with E-state index in [1.165, 1.54) is 0 Å². The van der Waals surface area contributed by atoms with E-state index in [0.29, 0.717) is 12.1 Å². The second kappa shape index (κ2) is 5.91. The monoisotopic (exact) mass is 296 g/mol. The molecule has 0 spiro atoms. The number of primary amides is 1. The molecule has 0 unspecified atom stereocenters. The summed E-state index contributed by atoms with van der Waals surface area (Å²) in [4.78, 5) is 16.6. The Bertz CT molecular complexity index is 736. The van der Waals surface area contributed by atoms with Crippen molar-refractivity contribution in [3.8, 4) is 16.9 Å². The van der Waals surface area contributed by atoms with Gasteiger partial charge in [0, 0.05) is 11.1 Å². The van der Waals surface area contributed by atoms with E-state index < -0.39 is 5.91 Å². The summed E-state index contributed by atoms with van der Waals surface area (Å²) < 4.78 is 5.58. The average molecular weight is 296 g/mol. The number of amides is 1.